The van der Waals surface area contributed by atoms with Crippen LogP contribution < -0.4 is 10.9 Å². The zero-order valence-electron chi connectivity index (χ0n) is 10.5. The van der Waals surface area contributed by atoms with Crippen molar-refractivity contribution in [2.45, 2.75) is 45.7 Å². The number of nitrogens with one attached hydrogen (secondary N) is 1. The summed E-state index contributed by atoms with van der Waals surface area (Å²) in [6.45, 7) is 4.86. The molecule has 0 radical (unpaired) electrons. The molecule has 1 aromatic rings. The van der Waals surface area contributed by atoms with E-state index in [-0.39, 0.29) is 18.2 Å². The van der Waals surface area contributed by atoms with E-state index in [9.17, 15) is 4.79 Å². The number of hydrogen-bond donors (Lipinski definition) is 2. The molecule has 0 saturated heterocycles. The maximum absolute atomic E-state index is 12.0. The van der Waals surface area contributed by atoms with Crippen molar-refractivity contribution in [1.29, 1.82) is 0 Å². The predicted octanol–water partition coefficient (Wildman–Crippen LogP) is 1.23. The fraction of sp³-hybridized carbons (Fsp3) is 0.667. The molecule has 1 heterocycles. The first-order valence-electron chi connectivity index (χ1n) is 6.15. The number of aryl methyl sites for hydroxylation is 1. The van der Waals surface area contributed by atoms with Gasteiger partial charge in [0.25, 0.3) is 5.56 Å². The third-order valence-electron chi connectivity index (χ3n) is 2.69. The highest BCUT2D eigenvalue weighted by Crippen LogP contribution is 2.04. The molecule has 96 valence electrons. The smallest absolute Gasteiger partial charge is 0.293 e. The number of nitrogens with zero attached hydrogens (tertiary/aromatic N) is 2. The van der Waals surface area contributed by atoms with Gasteiger partial charge in [0, 0.05) is 31.6 Å². The number of aliphatic hydroxyl groups excluding tert-OH is 1. The van der Waals surface area contributed by atoms with Crippen LogP contribution in [0.2, 0.25) is 0 Å². The second-order valence-corrected chi connectivity index (χ2v) is 4.04. The lowest BCUT2D eigenvalue weighted by Crippen LogP contribution is -2.29. The van der Waals surface area contributed by atoms with E-state index in [2.05, 4.69) is 10.3 Å². The third kappa shape index (κ3) is 3.85. The lowest BCUT2D eigenvalue weighted by Gasteiger charge is -2.16. The molecule has 0 aromatic carbocycles. The Balaban J connectivity index is 2.83. The van der Waals surface area contributed by atoms with Crippen LogP contribution in [0.5, 0.6) is 0 Å². The highest BCUT2D eigenvalue weighted by atomic mass is 16.3. The van der Waals surface area contributed by atoms with Gasteiger partial charge in [0.15, 0.2) is 5.82 Å². The molecular formula is C12H21N3O2. The van der Waals surface area contributed by atoms with Gasteiger partial charge in [-0.25, -0.2) is 4.98 Å². The minimum atomic E-state index is -0.0919. The van der Waals surface area contributed by atoms with Gasteiger partial charge in [0.05, 0.1) is 0 Å². The van der Waals surface area contributed by atoms with E-state index in [0.29, 0.717) is 18.8 Å². The minimum Gasteiger partial charge on any atom is -0.396 e. The third-order valence-corrected chi connectivity index (χ3v) is 2.69. The Morgan fingerprint density at radius 1 is 1.53 bits per heavy atom. The first-order valence-corrected chi connectivity index (χ1v) is 6.15. The molecule has 1 atom stereocenters. The Bertz CT molecular complexity index is 390. The zero-order chi connectivity index (χ0) is 12.7. The number of aliphatic hydroxyl groups is 1. The Kier molecular flexibility index (Phi) is 5.69. The summed E-state index contributed by atoms with van der Waals surface area (Å²) in [6.07, 6.45) is 5.72. The van der Waals surface area contributed by atoms with Crippen LogP contribution in [0.25, 0.3) is 0 Å². The molecule has 2 N–H and O–H groups in total. The van der Waals surface area contributed by atoms with Crippen LogP contribution in [0.4, 0.5) is 5.82 Å². The van der Waals surface area contributed by atoms with Crippen molar-refractivity contribution in [3.8, 4) is 0 Å². The quantitative estimate of drug-likeness (QED) is 0.751. The molecule has 1 unspecified atom stereocenters. The van der Waals surface area contributed by atoms with E-state index < -0.39 is 0 Å². The SMILES string of the molecule is CCCn1ccnc(NC(CC)CCO)c1=O. The second-order valence-electron chi connectivity index (χ2n) is 4.04. The number of anilines is 1. The van der Waals surface area contributed by atoms with Crippen molar-refractivity contribution >= 4 is 5.82 Å². The first-order chi connectivity index (χ1) is 8.22. The van der Waals surface area contributed by atoms with Gasteiger partial charge >= 0.3 is 0 Å². The van der Waals surface area contributed by atoms with E-state index in [1.165, 1.54) is 0 Å². The van der Waals surface area contributed by atoms with Gasteiger partial charge in [-0.1, -0.05) is 13.8 Å². The van der Waals surface area contributed by atoms with Crippen molar-refractivity contribution in [1.82, 2.24) is 9.55 Å². The Hall–Kier alpha value is -1.36. The lowest BCUT2D eigenvalue weighted by molar-refractivity contribution is 0.278. The van der Waals surface area contributed by atoms with E-state index in [4.69, 9.17) is 5.11 Å². The number of aromatic nitrogens is 2. The summed E-state index contributed by atoms with van der Waals surface area (Å²) in [5.41, 5.74) is -0.0919. The summed E-state index contributed by atoms with van der Waals surface area (Å²) in [7, 11) is 0. The van der Waals surface area contributed by atoms with Gasteiger partial charge in [-0.2, -0.15) is 0 Å². The molecule has 5 nitrogen and oxygen atoms in total. The van der Waals surface area contributed by atoms with Gasteiger partial charge in [-0.05, 0) is 19.3 Å². The monoisotopic (exact) mass is 239 g/mol. The summed E-state index contributed by atoms with van der Waals surface area (Å²) < 4.78 is 1.65. The molecule has 0 saturated carbocycles. The summed E-state index contributed by atoms with van der Waals surface area (Å²) in [4.78, 5) is 16.1. The van der Waals surface area contributed by atoms with E-state index in [1.54, 1.807) is 17.0 Å². The molecule has 5 heteroatoms. The van der Waals surface area contributed by atoms with Crippen LogP contribution in [0, 0.1) is 0 Å². The van der Waals surface area contributed by atoms with Crippen LogP contribution in [-0.4, -0.2) is 27.3 Å². The molecule has 1 aromatic heterocycles. The van der Waals surface area contributed by atoms with E-state index in [1.807, 2.05) is 13.8 Å². The zero-order valence-corrected chi connectivity index (χ0v) is 10.5. The fourth-order valence-corrected chi connectivity index (χ4v) is 1.69. The highest BCUT2D eigenvalue weighted by molar-refractivity contribution is 5.32. The molecule has 0 spiro atoms. The summed E-state index contributed by atoms with van der Waals surface area (Å²) in [5.74, 6) is 0.376. The standard InChI is InChI=1S/C12H21N3O2/c1-3-7-15-8-6-13-11(12(15)17)14-10(4-2)5-9-16/h6,8,10,16H,3-5,7,9H2,1-2H3,(H,13,14). The van der Waals surface area contributed by atoms with E-state index in [0.717, 1.165) is 12.8 Å². The van der Waals surface area contributed by atoms with E-state index >= 15 is 0 Å². The molecule has 17 heavy (non-hydrogen) atoms. The van der Waals surface area contributed by atoms with Crippen molar-refractivity contribution in [2.75, 3.05) is 11.9 Å². The first kappa shape index (κ1) is 13.7. The van der Waals surface area contributed by atoms with Gasteiger partial charge in [0.2, 0.25) is 0 Å². The summed E-state index contributed by atoms with van der Waals surface area (Å²) in [6, 6.07) is 0.0951. The molecular weight excluding hydrogens is 218 g/mol. The second kappa shape index (κ2) is 7.06. The Labute approximate surface area is 102 Å². The summed E-state index contributed by atoms with van der Waals surface area (Å²) >= 11 is 0. The topological polar surface area (TPSA) is 67.2 Å². The van der Waals surface area contributed by atoms with Gasteiger partial charge in [-0.3, -0.25) is 4.79 Å². The van der Waals surface area contributed by atoms with Gasteiger partial charge < -0.3 is 15.0 Å². The number of hydrogen-bond acceptors (Lipinski definition) is 4. The summed E-state index contributed by atoms with van der Waals surface area (Å²) in [5, 5.41) is 12.0. The van der Waals surface area contributed by atoms with Crippen molar-refractivity contribution in [3.63, 3.8) is 0 Å². The largest absolute Gasteiger partial charge is 0.396 e. The predicted molar refractivity (Wildman–Crippen MR) is 68.2 cm³/mol. The van der Waals surface area contributed by atoms with Crippen LogP contribution in [-0.2, 0) is 6.54 Å². The fourth-order valence-electron chi connectivity index (χ4n) is 1.69. The van der Waals surface area contributed by atoms with Crippen molar-refractivity contribution in [3.05, 3.63) is 22.7 Å². The lowest BCUT2D eigenvalue weighted by atomic mass is 10.1. The maximum atomic E-state index is 12.0. The van der Waals surface area contributed by atoms with Crippen LogP contribution in [0.15, 0.2) is 17.2 Å². The minimum absolute atomic E-state index is 0.0919. The van der Waals surface area contributed by atoms with Crippen LogP contribution in [0.3, 0.4) is 0 Å². The van der Waals surface area contributed by atoms with Crippen LogP contribution >= 0.6 is 0 Å². The van der Waals surface area contributed by atoms with Crippen LogP contribution in [0.1, 0.15) is 33.1 Å². The highest BCUT2D eigenvalue weighted by Gasteiger charge is 2.10. The molecule has 0 fully saturated rings. The Morgan fingerprint density at radius 2 is 2.29 bits per heavy atom. The number of rotatable bonds is 7. The van der Waals surface area contributed by atoms with Gasteiger partial charge in [0.1, 0.15) is 0 Å². The molecule has 0 amide bonds. The van der Waals surface area contributed by atoms with Gasteiger partial charge in [-0.15, -0.1) is 0 Å². The average Bonchev–Trinajstić information content (AvgIpc) is 2.33. The van der Waals surface area contributed by atoms with Crippen molar-refractivity contribution in [2.24, 2.45) is 0 Å². The molecule has 0 aliphatic rings. The molecule has 0 aliphatic carbocycles. The Morgan fingerprint density at radius 3 is 2.88 bits per heavy atom. The molecule has 0 aliphatic heterocycles. The molecule has 0 bridgehead atoms. The normalized spacial score (nSPS) is 12.4. The maximum Gasteiger partial charge on any atom is 0.293 e. The van der Waals surface area contributed by atoms with Crippen molar-refractivity contribution < 1.29 is 5.11 Å². The average molecular weight is 239 g/mol. The molecule has 1 rings (SSSR count).